The molecule has 0 saturated heterocycles. The van der Waals surface area contributed by atoms with Gasteiger partial charge in [0, 0.05) is 18.8 Å². The van der Waals surface area contributed by atoms with Gasteiger partial charge in [0.2, 0.25) is 5.91 Å². The summed E-state index contributed by atoms with van der Waals surface area (Å²) in [6, 6.07) is 6.83. The number of carbonyl (C=O) groups excluding carboxylic acids is 2. The highest BCUT2D eigenvalue weighted by Crippen LogP contribution is 2.15. The molecule has 0 heterocycles. The van der Waals surface area contributed by atoms with Crippen LogP contribution in [0, 0.1) is 0 Å². The number of anilines is 1. The number of imide groups is 1. The van der Waals surface area contributed by atoms with Crippen molar-refractivity contribution >= 4 is 17.6 Å². The second-order valence-corrected chi connectivity index (χ2v) is 4.20. The van der Waals surface area contributed by atoms with Crippen LogP contribution in [0.2, 0.25) is 0 Å². The lowest BCUT2D eigenvalue weighted by atomic mass is 10.2. The Balaban J connectivity index is 2.75. The Morgan fingerprint density at radius 2 is 1.89 bits per heavy atom. The third-order valence-electron chi connectivity index (χ3n) is 2.63. The van der Waals surface area contributed by atoms with Crippen LogP contribution in [-0.4, -0.2) is 25.0 Å². The highest BCUT2D eigenvalue weighted by atomic mass is 16.2. The molecule has 0 bridgehead atoms. The fourth-order valence-corrected chi connectivity index (χ4v) is 1.76. The van der Waals surface area contributed by atoms with Crippen molar-refractivity contribution in [3.63, 3.8) is 0 Å². The zero-order valence-corrected chi connectivity index (χ0v) is 11.1. The molecule has 0 fully saturated rings. The molecule has 5 N–H and O–H groups in total. The molecular formula is C13H20N4O2. The monoisotopic (exact) mass is 264 g/mol. The molecule has 0 unspecified atom stereocenters. The summed E-state index contributed by atoms with van der Waals surface area (Å²) in [5, 5.41) is 2.06. The number of benzene rings is 1. The summed E-state index contributed by atoms with van der Waals surface area (Å²) in [5.74, 6) is -0.413. The molecule has 1 aromatic carbocycles. The van der Waals surface area contributed by atoms with Crippen molar-refractivity contribution in [2.24, 2.45) is 11.5 Å². The molecule has 0 aliphatic heterocycles. The molecule has 104 valence electrons. The molecule has 0 aliphatic carbocycles. The highest BCUT2D eigenvalue weighted by molar-refractivity contribution is 5.95. The summed E-state index contributed by atoms with van der Waals surface area (Å²) in [5.41, 5.74) is 12.4. The number of hydrogen-bond acceptors (Lipinski definition) is 4. The van der Waals surface area contributed by atoms with Gasteiger partial charge in [-0.2, -0.15) is 0 Å². The van der Waals surface area contributed by atoms with Crippen LogP contribution in [0.5, 0.6) is 0 Å². The number of primary amides is 1. The zero-order chi connectivity index (χ0) is 14.3. The number of amides is 3. The first-order valence-corrected chi connectivity index (χ1v) is 6.20. The second kappa shape index (κ2) is 7.38. The summed E-state index contributed by atoms with van der Waals surface area (Å²) in [4.78, 5) is 24.1. The van der Waals surface area contributed by atoms with Gasteiger partial charge < -0.3 is 16.4 Å². The van der Waals surface area contributed by atoms with Crippen molar-refractivity contribution in [2.75, 3.05) is 18.0 Å². The van der Waals surface area contributed by atoms with Gasteiger partial charge in [-0.25, -0.2) is 4.79 Å². The maximum atomic E-state index is 11.6. The van der Waals surface area contributed by atoms with Gasteiger partial charge in [0.25, 0.3) is 0 Å². The summed E-state index contributed by atoms with van der Waals surface area (Å²) in [6.45, 7) is 3.32. The SMILES string of the molecule is CCCN(CC(=O)NC(N)=O)c1ccc(CN)cc1. The molecule has 0 spiro atoms. The minimum atomic E-state index is -0.833. The van der Waals surface area contributed by atoms with E-state index in [0.717, 1.165) is 17.7 Å². The topological polar surface area (TPSA) is 101 Å². The normalized spacial score (nSPS) is 10.0. The van der Waals surface area contributed by atoms with Crippen molar-refractivity contribution in [2.45, 2.75) is 19.9 Å². The standard InChI is InChI=1S/C13H20N4O2/c1-2-7-17(9-12(18)16-13(15)19)11-5-3-10(8-14)4-6-11/h3-6H,2,7-9,14H2,1H3,(H3,15,16,18,19). The maximum Gasteiger partial charge on any atom is 0.318 e. The van der Waals surface area contributed by atoms with Crippen molar-refractivity contribution in [3.05, 3.63) is 29.8 Å². The average Bonchev–Trinajstić information content (AvgIpc) is 2.37. The Morgan fingerprint density at radius 1 is 1.26 bits per heavy atom. The van der Waals surface area contributed by atoms with Gasteiger partial charge in [-0.1, -0.05) is 19.1 Å². The average molecular weight is 264 g/mol. The van der Waals surface area contributed by atoms with Gasteiger partial charge >= 0.3 is 6.03 Å². The Labute approximate surface area is 112 Å². The molecule has 3 amide bonds. The van der Waals surface area contributed by atoms with Crippen LogP contribution >= 0.6 is 0 Å². The summed E-state index contributed by atoms with van der Waals surface area (Å²) >= 11 is 0. The third kappa shape index (κ3) is 4.97. The molecular weight excluding hydrogens is 244 g/mol. The van der Waals surface area contributed by atoms with Crippen LogP contribution in [0.15, 0.2) is 24.3 Å². The molecule has 0 aromatic heterocycles. The number of nitrogens with one attached hydrogen (secondary N) is 1. The van der Waals surface area contributed by atoms with E-state index < -0.39 is 11.9 Å². The third-order valence-corrected chi connectivity index (χ3v) is 2.63. The lowest BCUT2D eigenvalue weighted by Gasteiger charge is -2.23. The van der Waals surface area contributed by atoms with Crippen molar-refractivity contribution in [3.8, 4) is 0 Å². The smallest absolute Gasteiger partial charge is 0.318 e. The molecule has 0 radical (unpaired) electrons. The highest BCUT2D eigenvalue weighted by Gasteiger charge is 2.12. The van der Waals surface area contributed by atoms with E-state index in [1.807, 2.05) is 36.1 Å². The minimum absolute atomic E-state index is 0.0960. The summed E-state index contributed by atoms with van der Waals surface area (Å²) in [7, 11) is 0. The Hall–Kier alpha value is -2.08. The zero-order valence-electron chi connectivity index (χ0n) is 11.1. The Bertz CT molecular complexity index is 431. The molecule has 1 rings (SSSR count). The second-order valence-electron chi connectivity index (χ2n) is 4.20. The van der Waals surface area contributed by atoms with E-state index in [4.69, 9.17) is 11.5 Å². The van der Waals surface area contributed by atoms with Crippen LogP contribution in [0.1, 0.15) is 18.9 Å². The van der Waals surface area contributed by atoms with Crippen LogP contribution in [0.4, 0.5) is 10.5 Å². The number of rotatable bonds is 6. The van der Waals surface area contributed by atoms with E-state index in [0.29, 0.717) is 13.1 Å². The first kappa shape index (κ1) is 15.0. The fraction of sp³-hybridized carbons (Fsp3) is 0.385. The van der Waals surface area contributed by atoms with E-state index in [1.54, 1.807) is 0 Å². The van der Waals surface area contributed by atoms with E-state index in [2.05, 4.69) is 5.32 Å². The molecule has 0 atom stereocenters. The van der Waals surface area contributed by atoms with Crippen LogP contribution in [-0.2, 0) is 11.3 Å². The van der Waals surface area contributed by atoms with E-state index in [9.17, 15) is 9.59 Å². The lowest BCUT2D eigenvalue weighted by molar-refractivity contribution is -0.118. The predicted octanol–water partition coefficient (Wildman–Crippen LogP) is 0.557. The Kier molecular flexibility index (Phi) is 5.81. The fourth-order valence-electron chi connectivity index (χ4n) is 1.76. The van der Waals surface area contributed by atoms with Gasteiger partial charge in [-0.3, -0.25) is 10.1 Å². The summed E-state index contributed by atoms with van der Waals surface area (Å²) in [6.07, 6.45) is 0.891. The first-order chi connectivity index (χ1) is 9.06. The van der Waals surface area contributed by atoms with E-state index in [-0.39, 0.29) is 6.54 Å². The predicted molar refractivity (Wildman–Crippen MR) is 74.6 cm³/mol. The van der Waals surface area contributed by atoms with E-state index in [1.165, 1.54) is 0 Å². The molecule has 19 heavy (non-hydrogen) atoms. The molecule has 1 aromatic rings. The Morgan fingerprint density at radius 3 is 2.37 bits per heavy atom. The number of nitrogens with zero attached hydrogens (tertiary/aromatic N) is 1. The maximum absolute atomic E-state index is 11.6. The summed E-state index contributed by atoms with van der Waals surface area (Å²) < 4.78 is 0. The quantitative estimate of drug-likeness (QED) is 0.698. The molecule has 6 nitrogen and oxygen atoms in total. The number of nitrogens with two attached hydrogens (primary N) is 2. The molecule has 0 saturated carbocycles. The van der Waals surface area contributed by atoms with Crippen molar-refractivity contribution in [1.29, 1.82) is 0 Å². The number of urea groups is 1. The minimum Gasteiger partial charge on any atom is -0.362 e. The number of carbonyl (C=O) groups is 2. The van der Waals surface area contributed by atoms with Crippen LogP contribution < -0.4 is 21.7 Å². The molecule has 0 aliphatic rings. The van der Waals surface area contributed by atoms with Crippen LogP contribution in [0.25, 0.3) is 0 Å². The first-order valence-electron chi connectivity index (χ1n) is 6.20. The van der Waals surface area contributed by atoms with Crippen molar-refractivity contribution < 1.29 is 9.59 Å². The van der Waals surface area contributed by atoms with Gasteiger partial charge in [-0.05, 0) is 24.1 Å². The van der Waals surface area contributed by atoms with Gasteiger partial charge in [0.15, 0.2) is 0 Å². The van der Waals surface area contributed by atoms with Crippen molar-refractivity contribution in [1.82, 2.24) is 5.32 Å². The molecule has 6 heteroatoms. The number of hydrogen-bond donors (Lipinski definition) is 3. The van der Waals surface area contributed by atoms with Gasteiger partial charge in [0.05, 0.1) is 6.54 Å². The van der Waals surface area contributed by atoms with Gasteiger partial charge in [-0.15, -0.1) is 0 Å². The van der Waals surface area contributed by atoms with E-state index >= 15 is 0 Å². The lowest BCUT2D eigenvalue weighted by Crippen LogP contribution is -2.42. The largest absolute Gasteiger partial charge is 0.362 e. The van der Waals surface area contributed by atoms with Crippen LogP contribution in [0.3, 0.4) is 0 Å². The van der Waals surface area contributed by atoms with Gasteiger partial charge in [0.1, 0.15) is 0 Å².